The Balaban J connectivity index is 2.44. The normalized spacial score (nSPS) is 23.9. The fourth-order valence-electron chi connectivity index (χ4n) is 1.65. The van der Waals surface area contributed by atoms with Crippen LogP contribution in [0.1, 0.15) is 26.2 Å². The maximum Gasteiger partial charge on any atom is 0.334 e. The van der Waals surface area contributed by atoms with Crippen LogP contribution >= 0.6 is 0 Å². The van der Waals surface area contributed by atoms with Crippen molar-refractivity contribution in [3.63, 3.8) is 0 Å². The molecule has 0 bridgehead atoms. The number of carbonyl (C=O) groups is 1. The first kappa shape index (κ1) is 12.0. The van der Waals surface area contributed by atoms with Crippen LogP contribution in [0.25, 0.3) is 0 Å². The van der Waals surface area contributed by atoms with Gasteiger partial charge in [0.15, 0.2) is 0 Å². The van der Waals surface area contributed by atoms with Crippen LogP contribution < -0.4 is 5.73 Å². The van der Waals surface area contributed by atoms with Gasteiger partial charge in [0, 0.05) is 18.9 Å². The predicted octanol–water partition coefficient (Wildman–Crippen LogP) is 0.554. The van der Waals surface area contributed by atoms with E-state index in [1.54, 1.807) is 6.92 Å². The van der Waals surface area contributed by atoms with E-state index in [0.29, 0.717) is 12.3 Å². The largest absolute Gasteiger partial charge is 0.384 e. The number of hydrogen-bond donors (Lipinski definition) is 1. The van der Waals surface area contributed by atoms with Crippen LogP contribution in [0.2, 0.25) is 0 Å². The minimum Gasteiger partial charge on any atom is -0.384 e. The molecular weight excluding hydrogens is 194 g/mol. The van der Waals surface area contributed by atoms with Gasteiger partial charge in [0.2, 0.25) is 0 Å². The maximum atomic E-state index is 10.9. The van der Waals surface area contributed by atoms with Gasteiger partial charge in [-0.05, 0) is 26.4 Å². The molecule has 0 aromatic carbocycles. The van der Waals surface area contributed by atoms with Crippen LogP contribution in [-0.4, -0.2) is 36.8 Å². The summed E-state index contributed by atoms with van der Waals surface area (Å²) in [5, 5.41) is 3.67. The average Bonchev–Trinajstić information content (AvgIpc) is 2.25. The lowest BCUT2D eigenvalue weighted by molar-refractivity contribution is -0.143. The molecule has 0 aromatic rings. The molecule has 86 valence electrons. The Labute approximate surface area is 90.2 Å². The number of amidine groups is 1. The van der Waals surface area contributed by atoms with Crippen molar-refractivity contribution in [1.82, 2.24) is 4.90 Å². The van der Waals surface area contributed by atoms with Crippen molar-refractivity contribution >= 4 is 11.8 Å². The molecule has 0 saturated carbocycles. The van der Waals surface area contributed by atoms with Crippen LogP contribution in [0.4, 0.5) is 0 Å². The molecule has 5 heteroatoms. The van der Waals surface area contributed by atoms with Crippen molar-refractivity contribution in [3.05, 3.63) is 0 Å². The first-order valence-corrected chi connectivity index (χ1v) is 5.35. The predicted molar refractivity (Wildman–Crippen MR) is 58.2 cm³/mol. The van der Waals surface area contributed by atoms with Crippen LogP contribution in [0.3, 0.4) is 0 Å². The SMILES string of the molecule is CCC(=O)O/N=C(/N)C1CCCN(C)C1. The molecule has 1 fully saturated rings. The Morgan fingerprint density at radius 3 is 3.00 bits per heavy atom. The molecule has 15 heavy (non-hydrogen) atoms. The first-order valence-electron chi connectivity index (χ1n) is 5.35. The summed E-state index contributed by atoms with van der Waals surface area (Å²) in [6.07, 6.45) is 2.45. The summed E-state index contributed by atoms with van der Waals surface area (Å²) in [4.78, 5) is 17.7. The fraction of sp³-hybridized carbons (Fsp3) is 0.800. The van der Waals surface area contributed by atoms with E-state index in [0.717, 1.165) is 25.9 Å². The molecule has 1 aliphatic rings. The molecule has 1 atom stereocenters. The number of likely N-dealkylation sites (tertiary alicyclic amines) is 1. The van der Waals surface area contributed by atoms with Gasteiger partial charge in [-0.3, -0.25) is 0 Å². The third-order valence-electron chi connectivity index (χ3n) is 2.58. The van der Waals surface area contributed by atoms with E-state index in [1.165, 1.54) is 0 Å². The summed E-state index contributed by atoms with van der Waals surface area (Å²) in [5.41, 5.74) is 5.76. The van der Waals surface area contributed by atoms with Gasteiger partial charge in [-0.1, -0.05) is 12.1 Å². The summed E-state index contributed by atoms with van der Waals surface area (Å²) in [7, 11) is 2.05. The number of carbonyl (C=O) groups excluding carboxylic acids is 1. The molecule has 2 N–H and O–H groups in total. The molecule has 1 aliphatic heterocycles. The van der Waals surface area contributed by atoms with Gasteiger partial charge < -0.3 is 15.5 Å². The first-order chi connectivity index (χ1) is 7.13. The zero-order valence-corrected chi connectivity index (χ0v) is 9.40. The highest BCUT2D eigenvalue weighted by molar-refractivity contribution is 5.83. The molecular formula is C10H19N3O2. The van der Waals surface area contributed by atoms with Gasteiger partial charge in [-0.25, -0.2) is 4.79 Å². The second-order valence-corrected chi connectivity index (χ2v) is 3.93. The van der Waals surface area contributed by atoms with Gasteiger partial charge in [0.05, 0.1) is 0 Å². The molecule has 0 spiro atoms. The average molecular weight is 213 g/mol. The zero-order valence-electron chi connectivity index (χ0n) is 9.40. The van der Waals surface area contributed by atoms with Crippen molar-refractivity contribution in [2.45, 2.75) is 26.2 Å². The van der Waals surface area contributed by atoms with E-state index in [1.807, 2.05) is 0 Å². The Kier molecular flexibility index (Phi) is 4.55. The van der Waals surface area contributed by atoms with Crippen LogP contribution in [0, 0.1) is 5.92 Å². The summed E-state index contributed by atoms with van der Waals surface area (Å²) in [6, 6.07) is 0. The van der Waals surface area contributed by atoms with Gasteiger partial charge >= 0.3 is 5.97 Å². The second kappa shape index (κ2) is 5.70. The van der Waals surface area contributed by atoms with E-state index in [2.05, 4.69) is 21.9 Å². The number of piperidine rings is 1. The molecule has 1 unspecified atom stereocenters. The molecule has 5 nitrogen and oxygen atoms in total. The van der Waals surface area contributed by atoms with Gasteiger partial charge in [-0.15, -0.1) is 0 Å². The Hall–Kier alpha value is -1.10. The van der Waals surface area contributed by atoms with Crippen LogP contribution in [0.15, 0.2) is 5.16 Å². The monoisotopic (exact) mass is 213 g/mol. The number of nitrogens with zero attached hydrogens (tertiary/aromatic N) is 2. The summed E-state index contributed by atoms with van der Waals surface area (Å²) in [5.74, 6) is 0.305. The summed E-state index contributed by atoms with van der Waals surface area (Å²) < 4.78 is 0. The quantitative estimate of drug-likeness (QED) is 0.322. The Morgan fingerprint density at radius 1 is 1.67 bits per heavy atom. The molecule has 0 aliphatic carbocycles. The summed E-state index contributed by atoms with van der Waals surface area (Å²) >= 11 is 0. The van der Waals surface area contributed by atoms with E-state index in [-0.39, 0.29) is 11.9 Å². The van der Waals surface area contributed by atoms with Gasteiger partial charge in [-0.2, -0.15) is 0 Å². The summed E-state index contributed by atoms with van der Waals surface area (Å²) in [6.45, 7) is 3.71. The highest BCUT2D eigenvalue weighted by atomic mass is 16.7. The lowest BCUT2D eigenvalue weighted by Crippen LogP contribution is -2.39. The van der Waals surface area contributed by atoms with E-state index >= 15 is 0 Å². The van der Waals surface area contributed by atoms with Gasteiger partial charge in [0.25, 0.3) is 0 Å². The highest BCUT2D eigenvalue weighted by Gasteiger charge is 2.20. The molecule has 0 amide bonds. The molecule has 0 radical (unpaired) electrons. The molecule has 1 heterocycles. The number of rotatable bonds is 3. The minimum absolute atomic E-state index is 0.216. The number of hydrogen-bond acceptors (Lipinski definition) is 4. The third kappa shape index (κ3) is 3.87. The Bertz CT molecular complexity index is 253. The Morgan fingerprint density at radius 2 is 2.40 bits per heavy atom. The second-order valence-electron chi connectivity index (χ2n) is 3.93. The zero-order chi connectivity index (χ0) is 11.3. The minimum atomic E-state index is -0.345. The smallest absolute Gasteiger partial charge is 0.334 e. The van der Waals surface area contributed by atoms with Crippen LogP contribution in [0.5, 0.6) is 0 Å². The van der Waals surface area contributed by atoms with Crippen molar-refractivity contribution in [2.75, 3.05) is 20.1 Å². The molecule has 1 rings (SSSR count). The standard InChI is InChI=1S/C10H19N3O2/c1-3-9(14)15-12-10(11)8-5-4-6-13(2)7-8/h8H,3-7H2,1-2H3,(H2,11,12). The lowest BCUT2D eigenvalue weighted by atomic mass is 9.98. The topological polar surface area (TPSA) is 67.9 Å². The molecule has 0 aromatic heterocycles. The van der Waals surface area contributed by atoms with Crippen molar-refractivity contribution < 1.29 is 9.63 Å². The third-order valence-corrected chi connectivity index (χ3v) is 2.58. The number of nitrogens with two attached hydrogens (primary N) is 1. The lowest BCUT2D eigenvalue weighted by Gasteiger charge is -2.28. The van der Waals surface area contributed by atoms with Crippen molar-refractivity contribution in [1.29, 1.82) is 0 Å². The van der Waals surface area contributed by atoms with E-state index in [9.17, 15) is 4.79 Å². The molecule has 1 saturated heterocycles. The van der Waals surface area contributed by atoms with Crippen molar-refractivity contribution in [2.24, 2.45) is 16.8 Å². The van der Waals surface area contributed by atoms with E-state index < -0.39 is 0 Å². The maximum absolute atomic E-state index is 10.9. The fourth-order valence-corrected chi connectivity index (χ4v) is 1.65. The van der Waals surface area contributed by atoms with Gasteiger partial charge in [0.1, 0.15) is 5.84 Å². The number of oxime groups is 1. The van der Waals surface area contributed by atoms with Crippen molar-refractivity contribution in [3.8, 4) is 0 Å². The highest BCUT2D eigenvalue weighted by Crippen LogP contribution is 2.15. The van der Waals surface area contributed by atoms with E-state index in [4.69, 9.17) is 5.73 Å². The van der Waals surface area contributed by atoms with Crippen LogP contribution in [-0.2, 0) is 9.63 Å².